The summed E-state index contributed by atoms with van der Waals surface area (Å²) in [7, 11) is 0. The number of nitrogen functional groups attached to an aromatic ring is 1. The maximum absolute atomic E-state index is 9.13. The molecule has 0 saturated heterocycles. The van der Waals surface area contributed by atoms with Crippen molar-refractivity contribution >= 4 is 16.8 Å². The van der Waals surface area contributed by atoms with Gasteiger partial charge in [0.05, 0.1) is 5.39 Å². The zero-order valence-corrected chi connectivity index (χ0v) is 10.6. The van der Waals surface area contributed by atoms with Crippen molar-refractivity contribution in [3.63, 3.8) is 0 Å². The highest BCUT2D eigenvalue weighted by Crippen LogP contribution is 2.35. The molecule has 1 aromatic carbocycles. The lowest BCUT2D eigenvalue weighted by atomic mass is 10.2. The van der Waals surface area contributed by atoms with Gasteiger partial charge in [0.25, 0.3) is 0 Å². The number of anilines is 1. The van der Waals surface area contributed by atoms with Gasteiger partial charge in [-0.25, -0.2) is 4.98 Å². The van der Waals surface area contributed by atoms with Crippen molar-refractivity contribution in [1.29, 1.82) is 5.26 Å². The molecule has 0 aliphatic heterocycles. The first kappa shape index (κ1) is 12.0. The molecule has 2 heterocycles. The summed E-state index contributed by atoms with van der Waals surface area (Å²) < 4.78 is 11.1. The zero-order chi connectivity index (χ0) is 14.1. The minimum Gasteiger partial charge on any atom is -0.442 e. The van der Waals surface area contributed by atoms with Crippen molar-refractivity contribution in [1.82, 2.24) is 9.97 Å². The lowest BCUT2D eigenvalue weighted by Crippen LogP contribution is -1.98. The monoisotopic (exact) mass is 266 g/mol. The molecule has 0 fully saturated rings. The molecule has 20 heavy (non-hydrogen) atoms. The smallest absolute Gasteiger partial charge is 0.247 e. The van der Waals surface area contributed by atoms with Crippen molar-refractivity contribution in [2.45, 2.75) is 6.92 Å². The number of aromatic nitrogens is 2. The van der Waals surface area contributed by atoms with Gasteiger partial charge in [-0.1, -0.05) is 12.1 Å². The molecule has 0 radical (unpaired) electrons. The van der Waals surface area contributed by atoms with Crippen LogP contribution in [0.25, 0.3) is 11.0 Å². The van der Waals surface area contributed by atoms with Crippen LogP contribution in [0.4, 0.5) is 5.82 Å². The highest BCUT2D eigenvalue weighted by molar-refractivity contribution is 5.86. The largest absolute Gasteiger partial charge is 0.442 e. The third kappa shape index (κ3) is 2.01. The van der Waals surface area contributed by atoms with E-state index in [1.54, 1.807) is 13.0 Å². The molecule has 0 unspecified atom stereocenters. The Morgan fingerprint density at radius 1 is 1.30 bits per heavy atom. The maximum Gasteiger partial charge on any atom is 0.247 e. The second-order valence-corrected chi connectivity index (χ2v) is 4.15. The van der Waals surface area contributed by atoms with Gasteiger partial charge in [0.2, 0.25) is 11.6 Å². The van der Waals surface area contributed by atoms with E-state index in [1.807, 2.05) is 24.3 Å². The summed E-state index contributed by atoms with van der Waals surface area (Å²) in [5, 5.41) is 9.83. The van der Waals surface area contributed by atoms with Crippen molar-refractivity contribution in [2.24, 2.45) is 0 Å². The predicted molar refractivity (Wildman–Crippen MR) is 72.2 cm³/mol. The van der Waals surface area contributed by atoms with Gasteiger partial charge in [0, 0.05) is 6.07 Å². The molecule has 2 aromatic heterocycles. The Morgan fingerprint density at radius 2 is 2.10 bits per heavy atom. The normalized spacial score (nSPS) is 10.4. The van der Waals surface area contributed by atoms with Gasteiger partial charge in [0.1, 0.15) is 23.3 Å². The molecule has 0 atom stereocenters. The number of nitrogens with zero attached hydrogens (tertiary/aromatic N) is 3. The highest BCUT2D eigenvalue weighted by Gasteiger charge is 2.16. The number of rotatable bonds is 2. The van der Waals surface area contributed by atoms with E-state index >= 15 is 0 Å². The number of para-hydroxylation sites is 1. The van der Waals surface area contributed by atoms with Gasteiger partial charge in [-0.2, -0.15) is 10.2 Å². The molecule has 0 aliphatic rings. The Hall–Kier alpha value is -3.07. The van der Waals surface area contributed by atoms with Crippen LogP contribution >= 0.6 is 0 Å². The fraction of sp³-hybridized carbons (Fsp3) is 0.0714. The number of nitriles is 1. The van der Waals surface area contributed by atoms with Gasteiger partial charge >= 0.3 is 0 Å². The van der Waals surface area contributed by atoms with Gasteiger partial charge in [-0.3, -0.25) is 0 Å². The Labute approximate surface area is 114 Å². The first-order valence-electron chi connectivity index (χ1n) is 5.88. The van der Waals surface area contributed by atoms with Crippen LogP contribution in [0.2, 0.25) is 0 Å². The third-order valence-corrected chi connectivity index (χ3v) is 2.69. The standard InChI is InChI=1S/C14H10N4O2/c1-8-17-12(16)6-13(18-8)20-14-9-4-2-3-5-10(9)19-11(14)7-15/h2-6H,1H3,(H2,16,17,18). The van der Waals surface area contributed by atoms with E-state index in [2.05, 4.69) is 9.97 Å². The lowest BCUT2D eigenvalue weighted by molar-refractivity contribution is 0.448. The van der Waals surface area contributed by atoms with Crippen LogP contribution in [0, 0.1) is 18.3 Å². The summed E-state index contributed by atoms with van der Waals surface area (Å²) in [6.45, 7) is 1.71. The molecule has 6 heteroatoms. The zero-order valence-electron chi connectivity index (χ0n) is 10.6. The van der Waals surface area contributed by atoms with Crippen LogP contribution < -0.4 is 10.5 Å². The first-order chi connectivity index (χ1) is 9.67. The van der Waals surface area contributed by atoms with Crippen molar-refractivity contribution < 1.29 is 9.15 Å². The molecule has 0 bridgehead atoms. The first-order valence-corrected chi connectivity index (χ1v) is 5.88. The minimum absolute atomic E-state index is 0.0982. The summed E-state index contributed by atoms with van der Waals surface area (Å²) in [5.74, 6) is 1.50. The van der Waals surface area contributed by atoms with Gasteiger partial charge < -0.3 is 14.9 Å². The van der Waals surface area contributed by atoms with Gasteiger partial charge in [-0.15, -0.1) is 0 Å². The quantitative estimate of drug-likeness (QED) is 0.765. The summed E-state index contributed by atoms with van der Waals surface area (Å²) >= 11 is 0. The number of aryl methyl sites for hydroxylation is 1. The number of benzene rings is 1. The second-order valence-electron chi connectivity index (χ2n) is 4.15. The average molecular weight is 266 g/mol. The molecule has 0 aliphatic carbocycles. The summed E-state index contributed by atoms with van der Waals surface area (Å²) in [5.41, 5.74) is 6.23. The number of hydrogen-bond donors (Lipinski definition) is 1. The van der Waals surface area contributed by atoms with Crippen LogP contribution in [-0.2, 0) is 0 Å². The molecule has 98 valence electrons. The summed E-state index contributed by atoms with van der Waals surface area (Å²) in [4.78, 5) is 8.09. The molecule has 3 aromatic rings. The second kappa shape index (κ2) is 4.55. The average Bonchev–Trinajstić information content (AvgIpc) is 2.76. The topological polar surface area (TPSA) is 98.0 Å². The Kier molecular flexibility index (Phi) is 2.73. The number of nitrogens with two attached hydrogens (primary N) is 1. The minimum atomic E-state index is 0.0982. The van der Waals surface area contributed by atoms with E-state index in [9.17, 15) is 0 Å². The van der Waals surface area contributed by atoms with E-state index in [4.69, 9.17) is 20.1 Å². The molecule has 2 N–H and O–H groups in total. The number of furan rings is 1. The molecule has 0 spiro atoms. The van der Waals surface area contributed by atoms with Crippen LogP contribution in [0.15, 0.2) is 34.7 Å². The summed E-state index contributed by atoms with van der Waals surface area (Å²) in [6, 6.07) is 10.7. The lowest BCUT2D eigenvalue weighted by Gasteiger charge is -2.04. The van der Waals surface area contributed by atoms with Crippen molar-refractivity contribution in [3.05, 3.63) is 41.9 Å². The Balaban J connectivity index is 2.12. The van der Waals surface area contributed by atoms with Crippen LogP contribution in [0.5, 0.6) is 11.6 Å². The van der Waals surface area contributed by atoms with Gasteiger partial charge in [-0.05, 0) is 19.1 Å². The fourth-order valence-corrected chi connectivity index (χ4v) is 1.92. The number of fused-ring (bicyclic) bond motifs is 1. The SMILES string of the molecule is Cc1nc(N)cc(Oc2c(C#N)oc3ccccc23)n1. The van der Waals surface area contributed by atoms with Crippen LogP contribution in [0.3, 0.4) is 0 Å². The van der Waals surface area contributed by atoms with Crippen LogP contribution in [0.1, 0.15) is 11.6 Å². The van der Waals surface area contributed by atoms with Crippen molar-refractivity contribution in [3.8, 4) is 17.7 Å². The van der Waals surface area contributed by atoms with E-state index in [0.717, 1.165) is 0 Å². The van der Waals surface area contributed by atoms with E-state index in [0.29, 0.717) is 28.4 Å². The van der Waals surface area contributed by atoms with E-state index in [1.165, 1.54) is 6.07 Å². The third-order valence-electron chi connectivity index (χ3n) is 2.69. The molecule has 0 saturated carbocycles. The van der Waals surface area contributed by atoms with Crippen molar-refractivity contribution in [2.75, 3.05) is 5.73 Å². The van der Waals surface area contributed by atoms with Crippen LogP contribution in [-0.4, -0.2) is 9.97 Å². The maximum atomic E-state index is 9.13. The molecule has 0 amide bonds. The number of hydrogen-bond acceptors (Lipinski definition) is 6. The molecular weight excluding hydrogens is 256 g/mol. The molecular formula is C14H10N4O2. The Morgan fingerprint density at radius 3 is 2.85 bits per heavy atom. The summed E-state index contributed by atoms with van der Waals surface area (Å²) in [6.07, 6.45) is 0. The highest BCUT2D eigenvalue weighted by atomic mass is 16.5. The Bertz CT molecular complexity index is 813. The molecule has 3 rings (SSSR count). The number of ether oxygens (including phenoxy) is 1. The van der Waals surface area contributed by atoms with E-state index in [-0.39, 0.29) is 11.6 Å². The molecule has 6 nitrogen and oxygen atoms in total. The van der Waals surface area contributed by atoms with Gasteiger partial charge in [0.15, 0.2) is 5.75 Å². The van der Waals surface area contributed by atoms with E-state index < -0.39 is 0 Å². The predicted octanol–water partition coefficient (Wildman–Crippen LogP) is 2.78. The fourth-order valence-electron chi connectivity index (χ4n) is 1.92.